The number of rotatable bonds is 4. The molecule has 5 aromatic rings. The van der Waals surface area contributed by atoms with E-state index in [4.69, 9.17) is 5.10 Å². The van der Waals surface area contributed by atoms with Crippen molar-refractivity contribution in [3.05, 3.63) is 141 Å². The minimum atomic E-state index is -0.329. The molecule has 37 heavy (non-hydrogen) atoms. The molecule has 1 aromatic heterocycles. The summed E-state index contributed by atoms with van der Waals surface area (Å²) in [4.78, 5) is 30.3. The maximum absolute atomic E-state index is 13.6. The molecule has 1 atom stereocenters. The monoisotopic (exact) mass is 547 g/mol. The largest absolute Gasteiger partial charge is 0.321 e. The van der Waals surface area contributed by atoms with E-state index >= 15 is 0 Å². The molecule has 180 valence electrons. The number of aromatic nitrogens is 1. The zero-order valence-electron chi connectivity index (χ0n) is 19.8. The summed E-state index contributed by atoms with van der Waals surface area (Å²) in [6, 6.07) is 34.3. The van der Waals surface area contributed by atoms with Crippen molar-refractivity contribution >= 4 is 38.5 Å². The molecule has 6 heteroatoms. The highest BCUT2D eigenvalue weighted by molar-refractivity contribution is 9.10. The van der Waals surface area contributed by atoms with Gasteiger partial charge < -0.3 is 4.98 Å². The maximum Gasteiger partial charge on any atom is 0.274 e. The minimum Gasteiger partial charge on any atom is -0.321 e. The smallest absolute Gasteiger partial charge is 0.274 e. The van der Waals surface area contributed by atoms with Crippen molar-refractivity contribution in [3.8, 4) is 11.1 Å². The maximum atomic E-state index is 13.6. The molecule has 0 fully saturated rings. The van der Waals surface area contributed by atoms with E-state index in [2.05, 4.69) is 20.9 Å². The third kappa shape index (κ3) is 4.30. The van der Waals surface area contributed by atoms with E-state index in [1.54, 1.807) is 12.1 Å². The molecule has 0 saturated heterocycles. The second-order valence-electron chi connectivity index (χ2n) is 8.95. The van der Waals surface area contributed by atoms with E-state index in [9.17, 15) is 9.59 Å². The molecule has 1 amide bonds. The Bertz CT molecular complexity index is 1700. The Labute approximate surface area is 222 Å². The summed E-state index contributed by atoms with van der Waals surface area (Å²) in [7, 11) is 0. The van der Waals surface area contributed by atoms with E-state index in [1.807, 2.05) is 97.1 Å². The van der Waals surface area contributed by atoms with Gasteiger partial charge in [-0.2, -0.15) is 5.10 Å². The van der Waals surface area contributed by atoms with Crippen LogP contribution in [0.3, 0.4) is 0 Å². The van der Waals surface area contributed by atoms with E-state index < -0.39 is 0 Å². The molecule has 0 saturated carbocycles. The topological polar surface area (TPSA) is 65.5 Å². The number of benzene rings is 4. The highest BCUT2D eigenvalue weighted by atomic mass is 79.9. The average molecular weight is 548 g/mol. The molecule has 2 heterocycles. The van der Waals surface area contributed by atoms with E-state index in [0.29, 0.717) is 23.3 Å². The van der Waals surface area contributed by atoms with E-state index in [1.165, 1.54) is 5.01 Å². The summed E-state index contributed by atoms with van der Waals surface area (Å²) in [5, 5.41) is 7.27. The molecule has 0 unspecified atom stereocenters. The van der Waals surface area contributed by atoms with Crippen molar-refractivity contribution in [1.29, 1.82) is 0 Å². The summed E-state index contributed by atoms with van der Waals surface area (Å²) in [5.41, 5.74) is 4.82. The predicted molar refractivity (Wildman–Crippen MR) is 151 cm³/mol. The van der Waals surface area contributed by atoms with Crippen molar-refractivity contribution in [1.82, 2.24) is 9.99 Å². The Morgan fingerprint density at radius 1 is 0.838 bits per heavy atom. The van der Waals surface area contributed by atoms with Crippen molar-refractivity contribution in [2.75, 3.05) is 0 Å². The van der Waals surface area contributed by atoms with Crippen LogP contribution in [0.4, 0.5) is 0 Å². The number of hydrazone groups is 1. The van der Waals surface area contributed by atoms with Gasteiger partial charge in [0.25, 0.3) is 11.5 Å². The number of fused-ring (bicyclic) bond motifs is 1. The number of nitrogens with one attached hydrogen (secondary N) is 1. The fraction of sp³-hybridized carbons (Fsp3) is 0.0645. The van der Waals surface area contributed by atoms with Gasteiger partial charge in [-0.25, -0.2) is 5.01 Å². The van der Waals surface area contributed by atoms with E-state index in [0.717, 1.165) is 32.1 Å². The lowest BCUT2D eigenvalue weighted by molar-refractivity contribution is 0.0711. The van der Waals surface area contributed by atoms with Gasteiger partial charge in [0.15, 0.2) is 0 Å². The van der Waals surface area contributed by atoms with Crippen LogP contribution in [0.5, 0.6) is 0 Å². The van der Waals surface area contributed by atoms with E-state index in [-0.39, 0.29) is 17.5 Å². The van der Waals surface area contributed by atoms with Gasteiger partial charge in [-0.05, 0) is 41.5 Å². The normalized spacial score (nSPS) is 15.1. The number of pyridine rings is 1. The molecule has 6 rings (SSSR count). The predicted octanol–water partition coefficient (Wildman–Crippen LogP) is 6.95. The molecular weight excluding hydrogens is 526 g/mol. The number of aromatic amines is 1. The number of carbonyl (C=O) groups is 1. The van der Waals surface area contributed by atoms with Crippen LogP contribution in [0.15, 0.2) is 124 Å². The first-order valence-corrected chi connectivity index (χ1v) is 12.8. The van der Waals surface area contributed by atoms with Gasteiger partial charge >= 0.3 is 0 Å². The molecule has 1 N–H and O–H groups in total. The van der Waals surface area contributed by atoms with Gasteiger partial charge in [0.05, 0.1) is 17.3 Å². The minimum absolute atomic E-state index is 0.203. The third-order valence-corrected chi connectivity index (χ3v) is 7.14. The number of hydrogen-bond donors (Lipinski definition) is 1. The number of halogens is 1. The summed E-state index contributed by atoms with van der Waals surface area (Å²) in [6.07, 6.45) is 0.422. The van der Waals surface area contributed by atoms with Crippen LogP contribution < -0.4 is 5.56 Å². The molecule has 1 aliphatic heterocycles. The van der Waals surface area contributed by atoms with Crippen LogP contribution >= 0.6 is 15.9 Å². The first-order valence-electron chi connectivity index (χ1n) is 12.0. The lowest BCUT2D eigenvalue weighted by Crippen LogP contribution is -2.27. The van der Waals surface area contributed by atoms with Crippen LogP contribution in [0.2, 0.25) is 0 Å². The number of nitrogens with zero attached hydrogens (tertiary/aromatic N) is 2. The number of amides is 1. The Balaban J connectivity index is 1.58. The van der Waals surface area contributed by atoms with Gasteiger partial charge in [0.2, 0.25) is 0 Å². The van der Waals surface area contributed by atoms with Crippen molar-refractivity contribution in [2.45, 2.75) is 12.5 Å². The molecule has 4 aromatic carbocycles. The van der Waals surface area contributed by atoms with Crippen molar-refractivity contribution in [3.63, 3.8) is 0 Å². The first kappa shape index (κ1) is 23.1. The summed E-state index contributed by atoms with van der Waals surface area (Å²) >= 11 is 3.59. The Morgan fingerprint density at radius 2 is 1.49 bits per heavy atom. The summed E-state index contributed by atoms with van der Waals surface area (Å²) in [5.74, 6) is -0.203. The highest BCUT2D eigenvalue weighted by Gasteiger charge is 2.35. The van der Waals surface area contributed by atoms with Crippen molar-refractivity contribution < 1.29 is 4.79 Å². The summed E-state index contributed by atoms with van der Waals surface area (Å²) in [6.45, 7) is 0. The lowest BCUT2D eigenvalue weighted by atomic mass is 9.91. The molecular formula is C31H22BrN3O2. The fourth-order valence-corrected chi connectivity index (χ4v) is 5.30. The fourth-order valence-electron chi connectivity index (χ4n) is 4.94. The second-order valence-corrected chi connectivity index (χ2v) is 9.87. The average Bonchev–Trinajstić information content (AvgIpc) is 3.38. The third-order valence-electron chi connectivity index (χ3n) is 6.65. The molecule has 0 radical (unpaired) electrons. The Morgan fingerprint density at radius 3 is 2.19 bits per heavy atom. The van der Waals surface area contributed by atoms with Gasteiger partial charge in [0, 0.05) is 32.9 Å². The number of carbonyl (C=O) groups excluding carboxylic acids is 1. The SMILES string of the molecule is O=C(c1ccccc1)N1N=C(c2c(-c3ccccc3)c3cc(Br)ccc3[nH]c2=O)C[C@@H]1c1ccccc1. The standard InChI is InChI=1S/C31H22BrN3O2/c32-23-16-17-25-24(18-23)28(21-12-6-2-7-13-21)29(30(36)33-25)26-19-27(20-10-4-1-5-11-20)35(34-26)31(37)22-14-8-3-9-15-22/h1-18,27H,19H2,(H,33,36)/t27-/m1/s1. The van der Waals surface area contributed by atoms with Crippen LogP contribution in [0, 0.1) is 0 Å². The molecule has 0 spiro atoms. The van der Waals surface area contributed by atoms with Gasteiger partial charge in [-0.3, -0.25) is 9.59 Å². The second kappa shape index (κ2) is 9.64. The molecule has 0 aliphatic carbocycles. The highest BCUT2D eigenvalue weighted by Crippen LogP contribution is 2.38. The van der Waals surface area contributed by atoms with Crippen LogP contribution in [-0.4, -0.2) is 21.6 Å². The van der Waals surface area contributed by atoms with Crippen LogP contribution in [0.1, 0.15) is 33.9 Å². The Kier molecular flexibility index (Phi) is 6.02. The Hall–Kier alpha value is -4.29. The van der Waals surface area contributed by atoms with Crippen LogP contribution in [-0.2, 0) is 0 Å². The van der Waals surface area contributed by atoms with Gasteiger partial charge in [-0.15, -0.1) is 0 Å². The van der Waals surface area contributed by atoms with Crippen molar-refractivity contribution in [2.24, 2.45) is 5.10 Å². The number of hydrogen-bond acceptors (Lipinski definition) is 3. The van der Waals surface area contributed by atoms with Gasteiger partial charge in [0.1, 0.15) is 0 Å². The number of H-pyrrole nitrogens is 1. The quantitative estimate of drug-likeness (QED) is 0.264. The summed E-state index contributed by atoms with van der Waals surface area (Å²) < 4.78 is 0.909. The first-order chi connectivity index (χ1) is 18.1. The molecule has 1 aliphatic rings. The zero-order valence-corrected chi connectivity index (χ0v) is 21.4. The van der Waals surface area contributed by atoms with Gasteiger partial charge in [-0.1, -0.05) is 94.8 Å². The zero-order chi connectivity index (χ0) is 25.4. The molecule has 5 nitrogen and oxygen atoms in total. The lowest BCUT2D eigenvalue weighted by Gasteiger charge is -2.22. The molecule has 0 bridgehead atoms. The van der Waals surface area contributed by atoms with Crippen LogP contribution in [0.25, 0.3) is 22.0 Å².